The minimum absolute atomic E-state index is 0.0221. The molecule has 3 heteroatoms. The third-order valence-electron chi connectivity index (χ3n) is 2.78. The van der Waals surface area contributed by atoms with Gasteiger partial charge in [-0.1, -0.05) is 6.07 Å². The summed E-state index contributed by atoms with van der Waals surface area (Å²) in [4.78, 5) is 12.0. The second-order valence-corrected chi connectivity index (χ2v) is 4.41. The molecule has 0 aliphatic heterocycles. The van der Waals surface area contributed by atoms with Gasteiger partial charge in [-0.3, -0.25) is 4.79 Å². The number of benzene rings is 1. The van der Waals surface area contributed by atoms with Gasteiger partial charge in [0, 0.05) is 6.04 Å². The van der Waals surface area contributed by atoms with Crippen LogP contribution in [0.15, 0.2) is 12.1 Å². The lowest BCUT2D eigenvalue weighted by Gasteiger charge is -2.12. The molecule has 16 heavy (non-hydrogen) atoms. The number of carbonyl (C=O) groups is 1. The van der Waals surface area contributed by atoms with E-state index in [4.69, 9.17) is 4.74 Å². The van der Waals surface area contributed by atoms with Crippen molar-refractivity contribution in [2.45, 2.75) is 32.7 Å². The van der Waals surface area contributed by atoms with Gasteiger partial charge < -0.3 is 10.1 Å². The normalized spacial score (nSPS) is 14.7. The average molecular weight is 219 g/mol. The summed E-state index contributed by atoms with van der Waals surface area (Å²) in [6, 6.07) is 4.27. The van der Waals surface area contributed by atoms with Crippen molar-refractivity contribution in [2.24, 2.45) is 0 Å². The number of rotatable bonds is 3. The molecule has 0 saturated heterocycles. The van der Waals surface area contributed by atoms with Crippen LogP contribution in [0.5, 0.6) is 5.75 Å². The van der Waals surface area contributed by atoms with E-state index in [0.717, 1.165) is 24.0 Å². The summed E-state index contributed by atoms with van der Waals surface area (Å²) >= 11 is 0. The van der Waals surface area contributed by atoms with Crippen LogP contribution in [-0.2, 0) is 0 Å². The molecule has 0 bridgehead atoms. The number of hydrogen-bond donors (Lipinski definition) is 1. The predicted molar refractivity (Wildman–Crippen MR) is 63.0 cm³/mol. The summed E-state index contributed by atoms with van der Waals surface area (Å²) in [5.41, 5.74) is 2.73. The van der Waals surface area contributed by atoms with Gasteiger partial charge in [0.15, 0.2) is 0 Å². The van der Waals surface area contributed by atoms with Gasteiger partial charge >= 0.3 is 0 Å². The molecule has 1 aliphatic carbocycles. The summed E-state index contributed by atoms with van der Waals surface area (Å²) in [6.45, 7) is 3.94. The zero-order valence-electron chi connectivity index (χ0n) is 9.96. The number of aryl methyl sites for hydroxylation is 2. The molecule has 0 atom stereocenters. The lowest BCUT2D eigenvalue weighted by atomic mass is 10.0. The highest BCUT2D eigenvalue weighted by Crippen LogP contribution is 2.26. The number of ether oxygens (including phenoxy) is 1. The molecular weight excluding hydrogens is 202 g/mol. The molecule has 1 amide bonds. The van der Waals surface area contributed by atoms with E-state index < -0.39 is 0 Å². The van der Waals surface area contributed by atoms with Gasteiger partial charge in [0.1, 0.15) is 5.75 Å². The highest BCUT2D eigenvalue weighted by molar-refractivity contribution is 5.97. The van der Waals surface area contributed by atoms with Crippen molar-refractivity contribution < 1.29 is 9.53 Å². The maximum atomic E-state index is 12.0. The van der Waals surface area contributed by atoms with E-state index in [2.05, 4.69) is 5.32 Å². The van der Waals surface area contributed by atoms with Crippen LogP contribution in [0.4, 0.5) is 0 Å². The highest BCUT2D eigenvalue weighted by Gasteiger charge is 2.25. The summed E-state index contributed by atoms with van der Waals surface area (Å²) in [6.07, 6.45) is 2.19. The first-order valence-electron chi connectivity index (χ1n) is 5.58. The Morgan fingerprint density at radius 1 is 1.38 bits per heavy atom. The summed E-state index contributed by atoms with van der Waals surface area (Å²) in [7, 11) is 1.60. The summed E-state index contributed by atoms with van der Waals surface area (Å²) in [5, 5.41) is 2.98. The fourth-order valence-electron chi connectivity index (χ4n) is 1.88. The molecule has 0 radical (unpaired) electrons. The van der Waals surface area contributed by atoms with Crippen LogP contribution in [0, 0.1) is 13.8 Å². The third-order valence-corrected chi connectivity index (χ3v) is 2.78. The number of amides is 1. The molecule has 1 aliphatic rings. The average Bonchev–Trinajstić information content (AvgIpc) is 3.00. The van der Waals surface area contributed by atoms with Gasteiger partial charge in [-0.15, -0.1) is 0 Å². The minimum Gasteiger partial charge on any atom is -0.496 e. The zero-order valence-corrected chi connectivity index (χ0v) is 9.96. The topological polar surface area (TPSA) is 38.3 Å². The lowest BCUT2D eigenvalue weighted by molar-refractivity contribution is 0.0948. The van der Waals surface area contributed by atoms with Crippen molar-refractivity contribution in [3.63, 3.8) is 0 Å². The Morgan fingerprint density at radius 3 is 2.62 bits per heavy atom. The van der Waals surface area contributed by atoms with Crippen molar-refractivity contribution in [2.75, 3.05) is 7.11 Å². The maximum Gasteiger partial charge on any atom is 0.255 e. The van der Waals surface area contributed by atoms with E-state index in [9.17, 15) is 4.79 Å². The van der Waals surface area contributed by atoms with Crippen LogP contribution < -0.4 is 10.1 Å². The SMILES string of the molecule is COc1c(C)cc(C)cc1C(=O)NC1CC1. The molecule has 0 aromatic heterocycles. The molecule has 1 fully saturated rings. The summed E-state index contributed by atoms with van der Waals surface area (Å²) < 4.78 is 5.29. The highest BCUT2D eigenvalue weighted by atomic mass is 16.5. The Kier molecular flexibility index (Phi) is 2.86. The Hall–Kier alpha value is -1.51. The Bertz CT molecular complexity index is 422. The van der Waals surface area contributed by atoms with Crippen molar-refractivity contribution in [1.29, 1.82) is 0 Å². The third kappa shape index (κ3) is 2.18. The van der Waals surface area contributed by atoms with Crippen molar-refractivity contribution in [1.82, 2.24) is 5.32 Å². The quantitative estimate of drug-likeness (QED) is 0.846. The van der Waals surface area contributed by atoms with Gasteiger partial charge in [-0.25, -0.2) is 0 Å². The molecule has 2 rings (SSSR count). The van der Waals surface area contributed by atoms with Gasteiger partial charge in [0.2, 0.25) is 0 Å². The van der Waals surface area contributed by atoms with E-state index in [0.29, 0.717) is 17.4 Å². The van der Waals surface area contributed by atoms with E-state index in [1.165, 1.54) is 0 Å². The molecule has 1 aromatic rings. The van der Waals surface area contributed by atoms with Crippen LogP contribution in [-0.4, -0.2) is 19.1 Å². The number of nitrogens with one attached hydrogen (secondary N) is 1. The van der Waals surface area contributed by atoms with Crippen LogP contribution >= 0.6 is 0 Å². The first-order chi connectivity index (χ1) is 7.61. The van der Waals surface area contributed by atoms with Crippen LogP contribution in [0.2, 0.25) is 0 Å². The molecular formula is C13H17NO2. The number of hydrogen-bond acceptors (Lipinski definition) is 2. The van der Waals surface area contributed by atoms with Gasteiger partial charge in [0.05, 0.1) is 12.7 Å². The van der Waals surface area contributed by atoms with Crippen molar-refractivity contribution in [3.8, 4) is 5.75 Å². The molecule has 0 spiro atoms. The molecule has 0 heterocycles. The van der Waals surface area contributed by atoms with E-state index >= 15 is 0 Å². The first kappa shape index (κ1) is 11.0. The Morgan fingerprint density at radius 2 is 2.06 bits per heavy atom. The standard InChI is InChI=1S/C13H17NO2/c1-8-6-9(2)12(16-3)11(7-8)13(15)14-10-4-5-10/h6-7,10H,4-5H2,1-3H3,(H,14,15). The van der Waals surface area contributed by atoms with Gasteiger partial charge in [0.25, 0.3) is 5.91 Å². The summed E-state index contributed by atoms with van der Waals surface area (Å²) in [5.74, 6) is 0.662. The predicted octanol–water partition coefficient (Wildman–Crippen LogP) is 2.20. The Balaban J connectivity index is 2.32. The molecule has 0 unspecified atom stereocenters. The number of methoxy groups -OCH3 is 1. The fourth-order valence-corrected chi connectivity index (χ4v) is 1.88. The lowest BCUT2D eigenvalue weighted by Crippen LogP contribution is -2.26. The monoisotopic (exact) mass is 219 g/mol. The van der Waals surface area contributed by atoms with Crippen molar-refractivity contribution in [3.05, 3.63) is 28.8 Å². The number of carbonyl (C=O) groups excluding carboxylic acids is 1. The van der Waals surface area contributed by atoms with Gasteiger partial charge in [-0.05, 0) is 43.9 Å². The van der Waals surface area contributed by atoms with Crippen LogP contribution in [0.3, 0.4) is 0 Å². The van der Waals surface area contributed by atoms with Gasteiger partial charge in [-0.2, -0.15) is 0 Å². The minimum atomic E-state index is -0.0221. The van der Waals surface area contributed by atoms with Crippen LogP contribution in [0.1, 0.15) is 34.3 Å². The fraction of sp³-hybridized carbons (Fsp3) is 0.462. The van der Waals surface area contributed by atoms with E-state index in [1.54, 1.807) is 7.11 Å². The maximum absolute atomic E-state index is 12.0. The largest absolute Gasteiger partial charge is 0.496 e. The molecule has 1 N–H and O–H groups in total. The van der Waals surface area contributed by atoms with E-state index in [1.807, 2.05) is 26.0 Å². The molecule has 1 aromatic carbocycles. The molecule has 1 saturated carbocycles. The smallest absolute Gasteiger partial charge is 0.255 e. The zero-order chi connectivity index (χ0) is 11.7. The van der Waals surface area contributed by atoms with Crippen molar-refractivity contribution >= 4 is 5.91 Å². The second-order valence-electron chi connectivity index (χ2n) is 4.41. The molecule has 86 valence electrons. The Labute approximate surface area is 95.8 Å². The molecule has 3 nitrogen and oxygen atoms in total. The second kappa shape index (κ2) is 4.16. The first-order valence-corrected chi connectivity index (χ1v) is 5.58. The van der Waals surface area contributed by atoms with E-state index in [-0.39, 0.29) is 5.91 Å². The van der Waals surface area contributed by atoms with Crippen LogP contribution in [0.25, 0.3) is 0 Å².